The van der Waals surface area contributed by atoms with Gasteiger partial charge in [-0.3, -0.25) is 0 Å². The molecule has 0 aliphatic rings. The first-order chi connectivity index (χ1) is 16.4. The molecule has 3 N–H and O–H groups in total. The molecule has 0 radical (unpaired) electrons. The molecule has 2 aromatic heterocycles. The summed E-state index contributed by atoms with van der Waals surface area (Å²) in [4.78, 5) is 19.5. The van der Waals surface area contributed by atoms with Gasteiger partial charge in [-0.15, -0.1) is 0 Å². The van der Waals surface area contributed by atoms with Gasteiger partial charge in [0.1, 0.15) is 11.5 Å². The van der Waals surface area contributed by atoms with Crippen LogP contribution in [0.15, 0.2) is 67.0 Å². The molecule has 0 fully saturated rings. The van der Waals surface area contributed by atoms with Gasteiger partial charge in [0.25, 0.3) is 0 Å². The molecular formula is C24H20N6O4. The molecule has 2 aromatic carbocycles. The Morgan fingerprint density at radius 1 is 1.21 bits per heavy atom. The van der Waals surface area contributed by atoms with Crippen molar-refractivity contribution in [1.82, 2.24) is 25.1 Å². The van der Waals surface area contributed by atoms with Gasteiger partial charge in [0.15, 0.2) is 5.75 Å². The molecule has 0 unspecified atom stereocenters. The van der Waals surface area contributed by atoms with E-state index in [9.17, 15) is 15.2 Å². The van der Waals surface area contributed by atoms with Gasteiger partial charge >= 0.3 is 6.09 Å². The molecule has 0 saturated heterocycles. The summed E-state index contributed by atoms with van der Waals surface area (Å²) in [5, 5.41) is 34.7. The van der Waals surface area contributed by atoms with Gasteiger partial charge in [-0.1, -0.05) is 30.3 Å². The van der Waals surface area contributed by atoms with E-state index in [-0.39, 0.29) is 6.54 Å². The molecule has 0 aliphatic heterocycles. The number of amides is 1. The first-order valence-electron chi connectivity index (χ1n) is 10.3. The molecule has 1 amide bonds. The topological polar surface area (TPSA) is 146 Å². The Morgan fingerprint density at radius 2 is 2.00 bits per heavy atom. The minimum absolute atomic E-state index is 0.180. The highest BCUT2D eigenvalue weighted by atomic mass is 16.5. The molecule has 10 nitrogen and oxygen atoms in total. The van der Waals surface area contributed by atoms with Crippen molar-refractivity contribution in [1.29, 1.82) is 5.26 Å². The lowest BCUT2D eigenvalue weighted by Gasteiger charge is -2.12. The fraction of sp³-hybridized carbons (Fsp3) is 0.125. The van der Waals surface area contributed by atoms with Crippen LogP contribution in [0.3, 0.4) is 0 Å². The van der Waals surface area contributed by atoms with Crippen molar-refractivity contribution < 1.29 is 19.7 Å². The zero-order valence-electron chi connectivity index (χ0n) is 18.1. The highest BCUT2D eigenvalue weighted by molar-refractivity contribution is 5.64. The van der Waals surface area contributed by atoms with E-state index in [1.807, 2.05) is 30.3 Å². The van der Waals surface area contributed by atoms with E-state index < -0.39 is 12.2 Å². The second-order valence-corrected chi connectivity index (χ2v) is 7.32. The number of carboxylic acid groups (broad SMARTS) is 1. The molecule has 4 aromatic rings. The molecule has 170 valence electrons. The molecule has 34 heavy (non-hydrogen) atoms. The molecule has 4 rings (SSSR count). The van der Waals surface area contributed by atoms with Crippen LogP contribution in [-0.4, -0.2) is 42.6 Å². The van der Waals surface area contributed by atoms with Gasteiger partial charge in [-0.25, -0.2) is 14.5 Å². The van der Waals surface area contributed by atoms with Gasteiger partial charge in [-0.05, 0) is 19.1 Å². The molecule has 0 aliphatic carbocycles. The van der Waals surface area contributed by atoms with E-state index >= 15 is 0 Å². The Morgan fingerprint density at radius 3 is 2.74 bits per heavy atom. The smallest absolute Gasteiger partial charge is 0.404 e. The number of aryl methyl sites for hydroxylation is 1. The number of rotatable bonds is 7. The van der Waals surface area contributed by atoms with Crippen LogP contribution >= 0.6 is 0 Å². The van der Waals surface area contributed by atoms with Crippen molar-refractivity contribution in [3.8, 4) is 34.6 Å². The third-order valence-corrected chi connectivity index (χ3v) is 4.87. The van der Waals surface area contributed by atoms with E-state index in [4.69, 9.17) is 9.84 Å². The number of ether oxygens (including phenoxy) is 1. The fourth-order valence-corrected chi connectivity index (χ4v) is 3.26. The van der Waals surface area contributed by atoms with Crippen molar-refractivity contribution in [2.75, 3.05) is 6.54 Å². The molecule has 0 saturated carbocycles. The number of carbonyl (C=O) groups is 1. The standard InChI is InChI=1S/C24H20N6O4/c1-15-28-19(17-5-3-2-4-6-17)10-23(29-15)34-22-9-16(11-25)7-8-20(22)30-14-18(12-27-30)21(31)13-26-24(32)33/h2-10,12,14,21,26,31H,13H2,1H3,(H,32,33)/t21-/m0/s1. The van der Waals surface area contributed by atoms with Gasteiger partial charge in [-0.2, -0.15) is 15.3 Å². The normalized spacial score (nSPS) is 11.4. The van der Waals surface area contributed by atoms with E-state index in [0.717, 1.165) is 5.56 Å². The summed E-state index contributed by atoms with van der Waals surface area (Å²) in [7, 11) is 0. The Kier molecular flexibility index (Phi) is 6.47. The lowest BCUT2D eigenvalue weighted by Crippen LogP contribution is -2.26. The van der Waals surface area contributed by atoms with Crippen LogP contribution in [0.4, 0.5) is 4.79 Å². The number of nitrogens with zero attached hydrogens (tertiary/aromatic N) is 5. The number of aliphatic hydroxyl groups is 1. The number of nitrogens with one attached hydrogen (secondary N) is 1. The maximum absolute atomic E-state index is 10.7. The Hall–Kier alpha value is -4.75. The number of aliphatic hydroxyl groups excluding tert-OH is 1. The summed E-state index contributed by atoms with van der Waals surface area (Å²) in [6, 6.07) is 18.3. The quantitative estimate of drug-likeness (QED) is 0.382. The van der Waals surface area contributed by atoms with Crippen LogP contribution in [0.5, 0.6) is 11.6 Å². The van der Waals surface area contributed by atoms with E-state index in [1.165, 1.54) is 10.9 Å². The minimum atomic E-state index is -1.23. The third kappa shape index (κ3) is 5.17. The highest BCUT2D eigenvalue weighted by Gasteiger charge is 2.16. The second kappa shape index (κ2) is 9.81. The molecule has 0 bridgehead atoms. The fourth-order valence-electron chi connectivity index (χ4n) is 3.26. The first-order valence-corrected chi connectivity index (χ1v) is 10.3. The molecule has 2 heterocycles. The number of benzene rings is 2. The number of aromatic nitrogens is 4. The monoisotopic (exact) mass is 456 g/mol. The molecular weight excluding hydrogens is 436 g/mol. The largest absolute Gasteiger partial charge is 0.465 e. The summed E-state index contributed by atoms with van der Waals surface area (Å²) >= 11 is 0. The SMILES string of the molecule is Cc1nc(Oc2cc(C#N)ccc2-n2cc([C@@H](O)CNC(=O)O)cn2)cc(-c2ccccc2)n1. The van der Waals surface area contributed by atoms with Crippen LogP contribution in [0.1, 0.15) is 23.1 Å². The molecule has 10 heteroatoms. The third-order valence-electron chi connectivity index (χ3n) is 4.87. The summed E-state index contributed by atoms with van der Waals surface area (Å²) < 4.78 is 7.56. The maximum atomic E-state index is 10.7. The Labute approximate surface area is 194 Å². The predicted octanol–water partition coefficient (Wildman–Crippen LogP) is 3.60. The van der Waals surface area contributed by atoms with E-state index in [1.54, 1.807) is 37.4 Å². The van der Waals surface area contributed by atoms with Gasteiger partial charge in [0, 0.05) is 29.5 Å². The minimum Gasteiger partial charge on any atom is -0.465 e. The number of hydrogen-bond donors (Lipinski definition) is 3. The van der Waals surface area contributed by atoms with Crippen molar-refractivity contribution in [3.63, 3.8) is 0 Å². The van der Waals surface area contributed by atoms with Gasteiger partial charge in [0.2, 0.25) is 5.88 Å². The Balaban J connectivity index is 1.67. The maximum Gasteiger partial charge on any atom is 0.404 e. The lowest BCUT2D eigenvalue weighted by atomic mass is 10.1. The average Bonchev–Trinajstić information content (AvgIpc) is 3.33. The summed E-state index contributed by atoms with van der Waals surface area (Å²) in [5.41, 5.74) is 2.89. The van der Waals surface area contributed by atoms with E-state index in [2.05, 4.69) is 26.5 Å². The lowest BCUT2D eigenvalue weighted by molar-refractivity contribution is 0.159. The number of hydrogen-bond acceptors (Lipinski definition) is 7. The van der Waals surface area contributed by atoms with E-state index in [0.29, 0.717) is 40.0 Å². The van der Waals surface area contributed by atoms with Gasteiger partial charge in [0.05, 0.1) is 36.2 Å². The van der Waals surface area contributed by atoms with Crippen molar-refractivity contribution in [2.24, 2.45) is 0 Å². The highest BCUT2D eigenvalue weighted by Crippen LogP contribution is 2.30. The van der Waals surface area contributed by atoms with Crippen LogP contribution in [0.25, 0.3) is 16.9 Å². The van der Waals surface area contributed by atoms with Crippen LogP contribution in [-0.2, 0) is 0 Å². The van der Waals surface area contributed by atoms with Crippen molar-refractivity contribution in [2.45, 2.75) is 13.0 Å². The predicted molar refractivity (Wildman–Crippen MR) is 122 cm³/mol. The van der Waals surface area contributed by atoms with Crippen LogP contribution < -0.4 is 10.1 Å². The van der Waals surface area contributed by atoms with Gasteiger partial charge < -0.3 is 20.3 Å². The molecule has 0 spiro atoms. The van der Waals surface area contributed by atoms with Crippen molar-refractivity contribution >= 4 is 6.09 Å². The molecule has 1 atom stereocenters. The zero-order valence-corrected chi connectivity index (χ0v) is 18.1. The second-order valence-electron chi connectivity index (χ2n) is 7.32. The summed E-state index contributed by atoms with van der Waals surface area (Å²) in [6.45, 7) is 1.58. The summed E-state index contributed by atoms with van der Waals surface area (Å²) in [6.07, 6.45) is 0.677. The first kappa shape index (κ1) is 22.4. The summed E-state index contributed by atoms with van der Waals surface area (Å²) in [5.74, 6) is 1.13. The van der Waals surface area contributed by atoms with Crippen LogP contribution in [0, 0.1) is 18.3 Å². The zero-order chi connectivity index (χ0) is 24.1. The Bertz CT molecular complexity index is 1360. The average molecular weight is 456 g/mol. The number of nitriles is 1. The van der Waals surface area contributed by atoms with Crippen molar-refractivity contribution in [3.05, 3.63) is 83.9 Å². The van der Waals surface area contributed by atoms with Crippen LogP contribution in [0.2, 0.25) is 0 Å².